The van der Waals surface area contributed by atoms with E-state index in [9.17, 15) is 9.00 Å². The van der Waals surface area contributed by atoms with Gasteiger partial charge >= 0.3 is 6.03 Å². The molecule has 3 unspecified atom stereocenters. The first-order chi connectivity index (χ1) is 17.4. The second-order valence-corrected chi connectivity index (χ2v) is 9.93. The van der Waals surface area contributed by atoms with Crippen LogP contribution in [-0.2, 0) is 32.6 Å². The van der Waals surface area contributed by atoms with E-state index in [0.717, 1.165) is 5.56 Å². The monoisotopic (exact) mass is 528 g/mol. The summed E-state index contributed by atoms with van der Waals surface area (Å²) in [6.45, 7) is 6.60. The first kappa shape index (κ1) is 26.2. The number of halogens is 1. The molecule has 10 heteroatoms. The molecule has 0 fully saturated rings. The molecule has 0 bridgehead atoms. The lowest BCUT2D eigenvalue weighted by Gasteiger charge is -2.41. The molecule has 2 amide bonds. The Morgan fingerprint density at radius 3 is 2.44 bits per heavy atom. The molecule has 4 rings (SSSR count). The number of nitrogens with zero attached hydrogens (tertiary/aromatic N) is 4. The Morgan fingerprint density at radius 1 is 1.06 bits per heavy atom. The molecule has 1 aliphatic rings. The van der Waals surface area contributed by atoms with Gasteiger partial charge in [-0.3, -0.25) is 9.11 Å². The highest BCUT2D eigenvalue weighted by atomic mass is 35.5. The lowest BCUT2D eigenvalue weighted by atomic mass is 10.1. The number of aromatic nitrogens is 2. The molecule has 2 heterocycles. The van der Waals surface area contributed by atoms with Crippen molar-refractivity contribution >= 4 is 39.9 Å². The molecule has 1 aromatic heterocycles. The van der Waals surface area contributed by atoms with Gasteiger partial charge in [-0.05, 0) is 38.5 Å². The quantitative estimate of drug-likeness (QED) is 0.337. The lowest BCUT2D eigenvalue weighted by Crippen LogP contribution is -2.57. The maximum atomic E-state index is 14.0. The van der Waals surface area contributed by atoms with Gasteiger partial charge in [-0.15, -0.1) is 0 Å². The number of anilines is 2. The molecular weight excluding hydrogens is 500 g/mol. The van der Waals surface area contributed by atoms with E-state index in [1.807, 2.05) is 63.2 Å². The van der Waals surface area contributed by atoms with Crippen LogP contribution in [0.5, 0.6) is 0 Å². The SMILES string of the molecule is CCOC(C)C(OCC)N1C(=O)N(c2ccccc2Cl)Cc2cnc(S(=O)Cc3ccccc3)nc21. The summed E-state index contributed by atoms with van der Waals surface area (Å²) in [7, 11) is -1.51. The fourth-order valence-electron chi connectivity index (χ4n) is 4.08. The highest BCUT2D eigenvalue weighted by molar-refractivity contribution is 7.84. The Hall–Kier alpha value is -2.85. The van der Waals surface area contributed by atoms with Crippen LogP contribution in [0.15, 0.2) is 66.0 Å². The number of carbonyl (C=O) groups excluding carboxylic acids is 1. The predicted octanol–water partition coefficient (Wildman–Crippen LogP) is 5.17. The number of hydrogen-bond acceptors (Lipinski definition) is 6. The molecule has 0 saturated heterocycles. The summed E-state index contributed by atoms with van der Waals surface area (Å²) in [4.78, 5) is 26.0. The molecule has 0 spiro atoms. The Bertz CT molecular complexity index is 1230. The molecule has 3 atom stereocenters. The summed E-state index contributed by atoms with van der Waals surface area (Å²) < 4.78 is 25.0. The van der Waals surface area contributed by atoms with Crippen LogP contribution in [0.1, 0.15) is 31.9 Å². The minimum absolute atomic E-state index is 0.154. The van der Waals surface area contributed by atoms with Crippen molar-refractivity contribution in [2.24, 2.45) is 0 Å². The number of para-hydroxylation sites is 1. The number of ether oxygens (including phenoxy) is 2. The van der Waals surface area contributed by atoms with Crippen LogP contribution in [0.3, 0.4) is 0 Å². The van der Waals surface area contributed by atoms with Gasteiger partial charge in [0.15, 0.2) is 6.23 Å². The van der Waals surface area contributed by atoms with Crippen LogP contribution < -0.4 is 9.80 Å². The second-order valence-electron chi connectivity index (χ2n) is 8.17. The molecule has 0 aliphatic carbocycles. The first-order valence-electron chi connectivity index (χ1n) is 11.8. The predicted molar refractivity (Wildman–Crippen MR) is 141 cm³/mol. The highest BCUT2D eigenvalue weighted by Crippen LogP contribution is 2.36. The van der Waals surface area contributed by atoms with Gasteiger partial charge < -0.3 is 9.47 Å². The maximum absolute atomic E-state index is 14.0. The third-order valence-corrected chi connectivity index (χ3v) is 7.24. The van der Waals surface area contributed by atoms with Gasteiger partial charge in [0.05, 0.1) is 33.8 Å². The van der Waals surface area contributed by atoms with Gasteiger partial charge in [0.25, 0.3) is 0 Å². The van der Waals surface area contributed by atoms with Crippen LogP contribution in [0.4, 0.5) is 16.3 Å². The van der Waals surface area contributed by atoms with E-state index >= 15 is 0 Å². The first-order valence-corrected chi connectivity index (χ1v) is 13.5. The van der Waals surface area contributed by atoms with Crippen molar-refractivity contribution in [3.05, 3.63) is 76.9 Å². The van der Waals surface area contributed by atoms with Crippen LogP contribution in [0, 0.1) is 0 Å². The zero-order chi connectivity index (χ0) is 25.7. The highest BCUT2D eigenvalue weighted by Gasteiger charge is 2.41. The largest absolute Gasteiger partial charge is 0.374 e. The van der Waals surface area contributed by atoms with E-state index in [0.29, 0.717) is 35.3 Å². The fourth-order valence-corrected chi connectivity index (χ4v) is 5.31. The normalized spacial score (nSPS) is 15.9. The van der Waals surface area contributed by atoms with Gasteiger partial charge in [0.1, 0.15) is 11.9 Å². The van der Waals surface area contributed by atoms with E-state index in [4.69, 9.17) is 21.1 Å². The number of urea groups is 1. The molecule has 0 radical (unpaired) electrons. The molecule has 0 N–H and O–H groups in total. The fraction of sp³-hybridized carbons (Fsp3) is 0.346. The zero-order valence-corrected chi connectivity index (χ0v) is 22.0. The summed E-state index contributed by atoms with van der Waals surface area (Å²) in [5.74, 6) is 0.628. The van der Waals surface area contributed by atoms with Crippen molar-refractivity contribution in [3.63, 3.8) is 0 Å². The number of benzene rings is 2. The van der Waals surface area contributed by atoms with E-state index in [2.05, 4.69) is 9.97 Å². The van der Waals surface area contributed by atoms with Gasteiger partial charge in [-0.25, -0.2) is 19.7 Å². The minimum atomic E-state index is -1.51. The van der Waals surface area contributed by atoms with Crippen LogP contribution in [0.2, 0.25) is 5.02 Å². The Balaban J connectivity index is 1.78. The second kappa shape index (κ2) is 11.9. The third-order valence-electron chi connectivity index (χ3n) is 5.72. The topological polar surface area (TPSA) is 84.9 Å². The van der Waals surface area contributed by atoms with Crippen molar-refractivity contribution in [2.45, 2.75) is 50.6 Å². The van der Waals surface area contributed by atoms with E-state index in [1.165, 1.54) is 4.90 Å². The Kier molecular flexibility index (Phi) is 8.68. The molecule has 190 valence electrons. The van der Waals surface area contributed by atoms with Crippen molar-refractivity contribution in [1.29, 1.82) is 0 Å². The minimum Gasteiger partial charge on any atom is -0.374 e. The van der Waals surface area contributed by atoms with Gasteiger partial charge in [0.2, 0.25) is 5.16 Å². The number of amides is 2. The summed E-state index contributed by atoms with van der Waals surface area (Å²) in [6, 6.07) is 16.3. The Morgan fingerprint density at radius 2 is 1.75 bits per heavy atom. The van der Waals surface area contributed by atoms with Gasteiger partial charge in [-0.1, -0.05) is 54.1 Å². The molecule has 3 aromatic rings. The van der Waals surface area contributed by atoms with Crippen molar-refractivity contribution in [2.75, 3.05) is 23.0 Å². The number of rotatable bonds is 10. The molecule has 1 aliphatic heterocycles. The molecule has 36 heavy (non-hydrogen) atoms. The summed E-state index contributed by atoms with van der Waals surface area (Å²) in [6.07, 6.45) is 0.404. The van der Waals surface area contributed by atoms with Crippen molar-refractivity contribution < 1.29 is 18.5 Å². The maximum Gasteiger partial charge on any atom is 0.332 e. The van der Waals surface area contributed by atoms with E-state index in [-0.39, 0.29) is 23.5 Å². The average Bonchev–Trinajstić information content (AvgIpc) is 2.88. The number of carbonyl (C=O) groups is 1. The zero-order valence-electron chi connectivity index (χ0n) is 20.5. The lowest BCUT2D eigenvalue weighted by molar-refractivity contribution is -0.0554. The summed E-state index contributed by atoms with van der Waals surface area (Å²) in [5, 5.41) is 0.600. The smallest absolute Gasteiger partial charge is 0.332 e. The van der Waals surface area contributed by atoms with E-state index < -0.39 is 23.1 Å². The molecule has 8 nitrogen and oxygen atoms in total. The van der Waals surface area contributed by atoms with Crippen LogP contribution >= 0.6 is 11.6 Å². The molecular formula is C26H29ClN4O4S. The Labute approximate surface area is 218 Å². The van der Waals surface area contributed by atoms with Crippen molar-refractivity contribution in [3.8, 4) is 0 Å². The van der Waals surface area contributed by atoms with Gasteiger partial charge in [0, 0.05) is 25.0 Å². The van der Waals surface area contributed by atoms with E-state index in [1.54, 1.807) is 23.2 Å². The average molecular weight is 529 g/mol. The molecule has 0 saturated carbocycles. The van der Waals surface area contributed by atoms with Crippen LogP contribution in [0.25, 0.3) is 0 Å². The van der Waals surface area contributed by atoms with Gasteiger partial charge in [-0.2, -0.15) is 0 Å². The van der Waals surface area contributed by atoms with Crippen molar-refractivity contribution in [1.82, 2.24) is 9.97 Å². The standard InChI is InChI=1S/C26H29ClN4O4S/c1-4-34-18(3)24(35-5-2)31-23-20(16-30(26(31)32)22-14-10-9-13-21(22)27)15-28-25(29-23)36(33)17-19-11-7-6-8-12-19/h6-15,18,24H,4-5,16-17H2,1-3H3. The summed E-state index contributed by atoms with van der Waals surface area (Å²) >= 11 is 6.45. The number of fused-ring (bicyclic) bond motifs is 1. The summed E-state index contributed by atoms with van der Waals surface area (Å²) in [5.41, 5.74) is 2.16. The van der Waals surface area contributed by atoms with Crippen LogP contribution in [-0.4, -0.2) is 45.8 Å². The third kappa shape index (κ3) is 5.59. The molecule has 2 aromatic carbocycles. The number of hydrogen-bond donors (Lipinski definition) is 0.